The number of anilines is 1. The molecule has 0 radical (unpaired) electrons. The van der Waals surface area contributed by atoms with Crippen molar-refractivity contribution < 1.29 is 22.3 Å². The lowest BCUT2D eigenvalue weighted by Crippen LogP contribution is -2.38. The molecule has 0 saturated carbocycles. The van der Waals surface area contributed by atoms with Crippen molar-refractivity contribution in [3.05, 3.63) is 59.9 Å². The maximum Gasteiger partial charge on any atom is 0.239 e. The van der Waals surface area contributed by atoms with E-state index in [9.17, 15) is 17.6 Å². The molecule has 2 rings (SSSR count). The van der Waals surface area contributed by atoms with Gasteiger partial charge in [-0.05, 0) is 42.3 Å². The summed E-state index contributed by atoms with van der Waals surface area (Å²) in [5, 5.41) is 2.50. The number of benzene rings is 2. The molecule has 0 aliphatic heterocycles. The molecule has 26 heavy (non-hydrogen) atoms. The third-order valence-electron chi connectivity index (χ3n) is 3.68. The van der Waals surface area contributed by atoms with Crippen LogP contribution in [0.5, 0.6) is 5.75 Å². The molecule has 1 amide bonds. The lowest BCUT2D eigenvalue weighted by Gasteiger charge is -2.19. The highest BCUT2D eigenvalue weighted by Crippen LogP contribution is 2.14. The van der Waals surface area contributed by atoms with Crippen molar-refractivity contribution in [1.82, 2.24) is 4.31 Å². The van der Waals surface area contributed by atoms with Crippen LogP contribution in [-0.2, 0) is 21.2 Å². The van der Waals surface area contributed by atoms with Crippen LogP contribution in [0.4, 0.5) is 10.1 Å². The van der Waals surface area contributed by atoms with E-state index in [1.165, 1.54) is 24.3 Å². The van der Waals surface area contributed by atoms with Crippen LogP contribution in [0.25, 0.3) is 0 Å². The van der Waals surface area contributed by atoms with E-state index >= 15 is 0 Å². The molecule has 2 aromatic rings. The molecule has 0 aromatic heterocycles. The Balaban J connectivity index is 2.01. The van der Waals surface area contributed by atoms with Gasteiger partial charge in [0.1, 0.15) is 11.6 Å². The minimum Gasteiger partial charge on any atom is -0.497 e. The fourth-order valence-electron chi connectivity index (χ4n) is 2.37. The van der Waals surface area contributed by atoms with Gasteiger partial charge in [-0.2, -0.15) is 4.31 Å². The molecule has 6 nitrogen and oxygen atoms in total. The Hall–Kier alpha value is -2.45. The number of hydrogen-bond donors (Lipinski definition) is 1. The van der Waals surface area contributed by atoms with E-state index in [0.717, 1.165) is 16.1 Å². The Morgan fingerprint density at radius 3 is 2.58 bits per heavy atom. The Kier molecular flexibility index (Phi) is 6.70. The number of halogens is 1. The summed E-state index contributed by atoms with van der Waals surface area (Å²) in [6, 6.07) is 12.7. The number of ether oxygens (including phenoxy) is 1. The first-order valence-corrected chi connectivity index (χ1v) is 9.76. The quantitative estimate of drug-likeness (QED) is 0.762. The van der Waals surface area contributed by atoms with Gasteiger partial charge in [0, 0.05) is 12.2 Å². The van der Waals surface area contributed by atoms with Crippen molar-refractivity contribution in [3.63, 3.8) is 0 Å². The maximum absolute atomic E-state index is 13.2. The number of amides is 1. The number of sulfonamides is 1. The fourth-order valence-corrected chi connectivity index (χ4v) is 3.15. The smallest absolute Gasteiger partial charge is 0.239 e. The molecule has 0 spiro atoms. The zero-order chi connectivity index (χ0) is 19.2. The Bertz CT molecular complexity index is 871. The lowest BCUT2D eigenvalue weighted by molar-refractivity contribution is -0.116. The molecule has 0 heterocycles. The zero-order valence-corrected chi connectivity index (χ0v) is 15.4. The van der Waals surface area contributed by atoms with E-state index in [1.54, 1.807) is 13.2 Å². The van der Waals surface area contributed by atoms with E-state index in [0.29, 0.717) is 12.2 Å². The minimum absolute atomic E-state index is 0.141. The molecular weight excluding hydrogens is 359 g/mol. The molecule has 0 saturated heterocycles. The Morgan fingerprint density at radius 1 is 1.19 bits per heavy atom. The monoisotopic (exact) mass is 380 g/mol. The Labute approximate surface area is 152 Å². The molecule has 0 aliphatic rings. The number of carbonyl (C=O) groups is 1. The van der Waals surface area contributed by atoms with E-state index in [1.807, 2.05) is 18.2 Å². The summed E-state index contributed by atoms with van der Waals surface area (Å²) < 4.78 is 43.4. The van der Waals surface area contributed by atoms with Crippen LogP contribution in [0.15, 0.2) is 48.5 Å². The van der Waals surface area contributed by atoms with Crippen LogP contribution in [0, 0.1) is 5.82 Å². The number of carbonyl (C=O) groups excluding carboxylic acids is 1. The summed E-state index contributed by atoms with van der Waals surface area (Å²) in [7, 11) is -2.02. The van der Waals surface area contributed by atoms with Crippen LogP contribution in [0.2, 0.25) is 0 Å². The molecule has 0 bridgehead atoms. The highest BCUT2D eigenvalue weighted by atomic mass is 32.2. The largest absolute Gasteiger partial charge is 0.497 e. The average Bonchev–Trinajstić information content (AvgIpc) is 2.57. The van der Waals surface area contributed by atoms with E-state index in [-0.39, 0.29) is 18.8 Å². The van der Waals surface area contributed by atoms with Crippen molar-refractivity contribution >= 4 is 21.6 Å². The van der Waals surface area contributed by atoms with Gasteiger partial charge in [-0.1, -0.05) is 18.2 Å². The van der Waals surface area contributed by atoms with Gasteiger partial charge in [0.25, 0.3) is 0 Å². The molecule has 0 fully saturated rings. The van der Waals surface area contributed by atoms with Crippen molar-refractivity contribution in [1.29, 1.82) is 0 Å². The van der Waals surface area contributed by atoms with Gasteiger partial charge in [-0.25, -0.2) is 12.8 Å². The number of nitrogens with one attached hydrogen (secondary N) is 1. The van der Waals surface area contributed by atoms with Gasteiger partial charge in [0.05, 0.1) is 19.9 Å². The van der Waals surface area contributed by atoms with E-state index in [4.69, 9.17) is 4.74 Å². The molecule has 0 aliphatic carbocycles. The van der Waals surface area contributed by atoms with Crippen molar-refractivity contribution in [3.8, 4) is 5.75 Å². The second-order valence-electron chi connectivity index (χ2n) is 5.76. The second-order valence-corrected chi connectivity index (χ2v) is 7.74. The van der Waals surface area contributed by atoms with Gasteiger partial charge < -0.3 is 10.1 Å². The van der Waals surface area contributed by atoms with Crippen molar-refractivity contribution in [2.24, 2.45) is 0 Å². The fraction of sp³-hybridized carbons (Fsp3) is 0.278. The molecular formula is C18H21FN2O4S. The predicted molar refractivity (Wildman–Crippen MR) is 98.1 cm³/mol. The van der Waals surface area contributed by atoms with E-state index < -0.39 is 21.7 Å². The highest BCUT2D eigenvalue weighted by Gasteiger charge is 2.20. The Morgan fingerprint density at radius 2 is 1.92 bits per heavy atom. The van der Waals surface area contributed by atoms with Gasteiger partial charge >= 0.3 is 0 Å². The average molecular weight is 380 g/mol. The number of nitrogens with zero attached hydrogens (tertiary/aromatic N) is 1. The van der Waals surface area contributed by atoms with Gasteiger partial charge in [-0.15, -0.1) is 0 Å². The molecule has 2 aromatic carbocycles. The molecule has 1 N–H and O–H groups in total. The number of rotatable bonds is 8. The summed E-state index contributed by atoms with van der Waals surface area (Å²) in [5.74, 6) is -0.343. The third kappa shape index (κ3) is 6.12. The summed E-state index contributed by atoms with van der Waals surface area (Å²) in [6.45, 7) is -0.206. The summed E-state index contributed by atoms with van der Waals surface area (Å²) in [4.78, 5) is 12.1. The first kappa shape index (κ1) is 19.9. The number of hydrogen-bond acceptors (Lipinski definition) is 4. The highest BCUT2D eigenvalue weighted by molar-refractivity contribution is 7.88. The van der Waals surface area contributed by atoms with Crippen molar-refractivity contribution in [2.75, 3.05) is 31.8 Å². The normalized spacial score (nSPS) is 11.4. The van der Waals surface area contributed by atoms with Gasteiger partial charge in [0.2, 0.25) is 15.9 Å². The molecule has 140 valence electrons. The predicted octanol–water partition coefficient (Wildman–Crippen LogP) is 2.28. The van der Waals surface area contributed by atoms with Gasteiger partial charge in [0.15, 0.2) is 0 Å². The number of methoxy groups -OCH3 is 1. The van der Waals surface area contributed by atoms with E-state index in [2.05, 4.69) is 5.32 Å². The van der Waals surface area contributed by atoms with Crippen LogP contribution < -0.4 is 10.1 Å². The maximum atomic E-state index is 13.2. The van der Waals surface area contributed by atoms with Gasteiger partial charge in [-0.3, -0.25) is 4.79 Å². The third-order valence-corrected chi connectivity index (χ3v) is 4.93. The lowest BCUT2D eigenvalue weighted by atomic mass is 10.1. The van der Waals surface area contributed by atoms with Crippen LogP contribution in [0.1, 0.15) is 5.56 Å². The minimum atomic E-state index is -3.58. The second kappa shape index (κ2) is 8.77. The summed E-state index contributed by atoms with van der Waals surface area (Å²) in [5.41, 5.74) is 1.17. The molecule has 0 atom stereocenters. The van der Waals surface area contributed by atoms with Crippen LogP contribution in [0.3, 0.4) is 0 Å². The summed E-state index contributed by atoms with van der Waals surface area (Å²) >= 11 is 0. The van der Waals surface area contributed by atoms with Crippen molar-refractivity contribution in [2.45, 2.75) is 6.42 Å². The topological polar surface area (TPSA) is 75.7 Å². The van der Waals surface area contributed by atoms with Crippen LogP contribution in [-0.4, -0.2) is 45.1 Å². The standard InChI is InChI=1S/C18H21FN2O4S/c1-25-17-8-3-5-14(11-17)9-10-21(26(2,23)24)13-18(22)20-16-7-4-6-15(19)12-16/h3-8,11-12H,9-10,13H2,1-2H3,(H,20,22). The first-order chi connectivity index (χ1) is 12.3. The van der Waals surface area contributed by atoms with Crippen LogP contribution >= 0.6 is 0 Å². The first-order valence-electron chi connectivity index (χ1n) is 7.91. The molecule has 0 unspecified atom stereocenters. The zero-order valence-electron chi connectivity index (χ0n) is 14.6. The molecule has 8 heteroatoms. The summed E-state index contributed by atoms with van der Waals surface area (Å²) in [6.07, 6.45) is 1.48. The SMILES string of the molecule is COc1cccc(CCN(CC(=O)Nc2cccc(F)c2)S(C)(=O)=O)c1.